The Morgan fingerprint density at radius 1 is 1.23 bits per heavy atom. The van der Waals surface area contributed by atoms with Gasteiger partial charge in [-0.05, 0) is 63.4 Å². The number of rotatable bonds is 4. The minimum atomic E-state index is -0.322. The van der Waals surface area contributed by atoms with Crippen LogP contribution in [-0.2, 0) is 4.79 Å². The van der Waals surface area contributed by atoms with E-state index < -0.39 is 0 Å². The predicted molar refractivity (Wildman–Crippen MR) is 103 cm³/mol. The van der Waals surface area contributed by atoms with Crippen LogP contribution in [0.3, 0.4) is 0 Å². The van der Waals surface area contributed by atoms with Gasteiger partial charge in [-0.15, -0.1) is 0 Å². The zero-order chi connectivity index (χ0) is 18.9. The molecular formula is C22H27NO3. The van der Waals surface area contributed by atoms with Gasteiger partial charge in [-0.25, -0.2) is 0 Å². The zero-order valence-corrected chi connectivity index (χ0v) is 16.2. The van der Waals surface area contributed by atoms with Crippen LogP contribution in [0.15, 0.2) is 36.4 Å². The summed E-state index contributed by atoms with van der Waals surface area (Å²) in [5.74, 6) is 1.48. The molecule has 0 spiro atoms. The molecule has 0 aliphatic carbocycles. The average Bonchev–Trinajstić information content (AvgIpc) is 2.55. The second-order valence-electron chi connectivity index (χ2n) is 7.72. The molecular weight excluding hydrogens is 326 g/mol. The molecule has 2 aromatic rings. The first-order chi connectivity index (χ1) is 12.2. The highest BCUT2D eigenvalue weighted by molar-refractivity contribution is 5.78. The van der Waals surface area contributed by atoms with Gasteiger partial charge >= 0.3 is 0 Å². The molecule has 26 heavy (non-hydrogen) atoms. The molecule has 4 heteroatoms. The topological polar surface area (TPSA) is 47.6 Å². The van der Waals surface area contributed by atoms with Gasteiger partial charge < -0.3 is 14.8 Å². The molecule has 4 nitrogen and oxygen atoms in total. The summed E-state index contributed by atoms with van der Waals surface area (Å²) < 4.78 is 11.8. The number of nitrogens with one attached hydrogen (secondary N) is 1. The van der Waals surface area contributed by atoms with Crippen molar-refractivity contribution in [3.05, 3.63) is 58.7 Å². The third kappa shape index (κ3) is 4.01. The number of carbonyl (C=O) groups excluding carboxylic acids is 1. The van der Waals surface area contributed by atoms with E-state index in [0.717, 1.165) is 34.6 Å². The van der Waals surface area contributed by atoms with Gasteiger partial charge in [0.25, 0.3) is 5.91 Å². The van der Waals surface area contributed by atoms with E-state index in [1.54, 1.807) is 0 Å². The number of amides is 1. The fourth-order valence-electron chi connectivity index (χ4n) is 3.46. The van der Waals surface area contributed by atoms with E-state index in [9.17, 15) is 4.79 Å². The number of carbonyl (C=O) groups is 1. The predicted octanol–water partition coefficient (Wildman–Crippen LogP) is 4.41. The first kappa shape index (κ1) is 18.3. The van der Waals surface area contributed by atoms with Crippen molar-refractivity contribution in [1.82, 2.24) is 5.32 Å². The van der Waals surface area contributed by atoms with Gasteiger partial charge in [0.15, 0.2) is 6.61 Å². The molecule has 0 bridgehead atoms. The lowest BCUT2D eigenvalue weighted by Crippen LogP contribution is -2.42. The molecule has 138 valence electrons. The standard InChI is InChI=1S/C22H27NO3/c1-14-10-15(2)16(3)20(11-14)25-13-21(24)23-18-12-22(4,5)26-19-9-7-6-8-17(18)19/h6-11,18H,12-13H2,1-5H3,(H,23,24)/t18-/m0/s1. The van der Waals surface area contributed by atoms with Crippen molar-refractivity contribution >= 4 is 5.91 Å². The van der Waals surface area contributed by atoms with Crippen molar-refractivity contribution in [2.24, 2.45) is 0 Å². The summed E-state index contributed by atoms with van der Waals surface area (Å²) >= 11 is 0. The number of benzene rings is 2. The second-order valence-corrected chi connectivity index (χ2v) is 7.72. The van der Waals surface area contributed by atoms with E-state index >= 15 is 0 Å². The Labute approximate surface area is 155 Å². The fourth-order valence-corrected chi connectivity index (χ4v) is 3.46. The van der Waals surface area contributed by atoms with Crippen LogP contribution >= 0.6 is 0 Å². The lowest BCUT2D eigenvalue weighted by Gasteiger charge is -2.37. The molecule has 1 atom stereocenters. The normalized spacial score (nSPS) is 17.8. The molecule has 0 aromatic heterocycles. The lowest BCUT2D eigenvalue weighted by molar-refractivity contribution is -0.124. The van der Waals surface area contributed by atoms with Crippen LogP contribution in [0.2, 0.25) is 0 Å². The van der Waals surface area contributed by atoms with Gasteiger partial charge in [0, 0.05) is 12.0 Å². The molecule has 1 amide bonds. The molecule has 1 heterocycles. The first-order valence-corrected chi connectivity index (χ1v) is 9.03. The van der Waals surface area contributed by atoms with Gasteiger partial charge in [-0.2, -0.15) is 0 Å². The smallest absolute Gasteiger partial charge is 0.258 e. The Bertz CT molecular complexity index is 826. The number of ether oxygens (including phenoxy) is 2. The van der Waals surface area contributed by atoms with Crippen molar-refractivity contribution in [1.29, 1.82) is 0 Å². The van der Waals surface area contributed by atoms with E-state index in [1.165, 1.54) is 5.56 Å². The Morgan fingerprint density at radius 3 is 2.73 bits per heavy atom. The number of aryl methyl sites for hydroxylation is 2. The molecule has 1 aliphatic heterocycles. The van der Waals surface area contributed by atoms with Crippen molar-refractivity contribution in [2.75, 3.05) is 6.61 Å². The maximum absolute atomic E-state index is 12.5. The fraction of sp³-hybridized carbons (Fsp3) is 0.409. The first-order valence-electron chi connectivity index (χ1n) is 9.03. The summed E-state index contributed by atoms with van der Waals surface area (Å²) in [7, 11) is 0. The lowest BCUT2D eigenvalue weighted by atomic mass is 9.89. The minimum Gasteiger partial charge on any atom is -0.487 e. The Morgan fingerprint density at radius 2 is 1.96 bits per heavy atom. The molecule has 1 aliphatic rings. The van der Waals surface area contributed by atoms with Crippen LogP contribution in [0.4, 0.5) is 0 Å². The zero-order valence-electron chi connectivity index (χ0n) is 16.2. The van der Waals surface area contributed by atoms with Crippen LogP contribution in [-0.4, -0.2) is 18.1 Å². The summed E-state index contributed by atoms with van der Waals surface area (Å²) in [5, 5.41) is 3.11. The molecule has 0 saturated heterocycles. The molecule has 0 unspecified atom stereocenters. The number of hydrogen-bond acceptors (Lipinski definition) is 3. The molecule has 0 saturated carbocycles. The van der Waals surface area contributed by atoms with Crippen molar-refractivity contribution in [3.8, 4) is 11.5 Å². The second kappa shape index (κ2) is 7.02. The van der Waals surface area contributed by atoms with Gasteiger partial charge in [0.1, 0.15) is 17.1 Å². The van der Waals surface area contributed by atoms with E-state index in [0.29, 0.717) is 0 Å². The van der Waals surface area contributed by atoms with E-state index in [1.807, 2.05) is 58.0 Å². The molecule has 3 rings (SSSR count). The third-order valence-corrected chi connectivity index (χ3v) is 4.83. The number of fused-ring (bicyclic) bond motifs is 1. The SMILES string of the molecule is Cc1cc(C)c(C)c(OCC(=O)N[C@H]2CC(C)(C)Oc3ccccc32)c1. The number of hydrogen-bond donors (Lipinski definition) is 1. The van der Waals surface area contributed by atoms with Crippen LogP contribution in [0.1, 0.15) is 48.6 Å². The largest absolute Gasteiger partial charge is 0.487 e. The third-order valence-electron chi connectivity index (χ3n) is 4.83. The maximum Gasteiger partial charge on any atom is 0.258 e. The Kier molecular flexibility index (Phi) is 4.94. The van der Waals surface area contributed by atoms with Crippen LogP contribution in [0, 0.1) is 20.8 Å². The monoisotopic (exact) mass is 353 g/mol. The van der Waals surface area contributed by atoms with Crippen LogP contribution in [0.25, 0.3) is 0 Å². The summed E-state index contributed by atoms with van der Waals surface area (Å²) in [5.41, 5.74) is 4.06. The highest BCUT2D eigenvalue weighted by atomic mass is 16.5. The summed E-state index contributed by atoms with van der Waals surface area (Å²) in [4.78, 5) is 12.5. The molecule has 1 N–H and O–H groups in total. The summed E-state index contributed by atoms with van der Waals surface area (Å²) in [6.07, 6.45) is 0.721. The minimum absolute atomic E-state index is 0.00366. The van der Waals surface area contributed by atoms with Crippen molar-refractivity contribution in [2.45, 2.75) is 52.7 Å². The van der Waals surface area contributed by atoms with Crippen molar-refractivity contribution in [3.63, 3.8) is 0 Å². The van der Waals surface area contributed by atoms with Crippen LogP contribution in [0.5, 0.6) is 11.5 Å². The highest BCUT2D eigenvalue weighted by Gasteiger charge is 2.34. The van der Waals surface area contributed by atoms with E-state index in [2.05, 4.69) is 18.3 Å². The maximum atomic E-state index is 12.5. The Balaban J connectivity index is 1.69. The summed E-state index contributed by atoms with van der Waals surface area (Å²) in [6.45, 7) is 10.2. The van der Waals surface area contributed by atoms with Gasteiger partial charge in [-0.1, -0.05) is 24.3 Å². The van der Waals surface area contributed by atoms with Crippen molar-refractivity contribution < 1.29 is 14.3 Å². The highest BCUT2D eigenvalue weighted by Crippen LogP contribution is 2.39. The van der Waals surface area contributed by atoms with Gasteiger partial charge in [0.05, 0.1) is 6.04 Å². The number of para-hydroxylation sites is 1. The van der Waals surface area contributed by atoms with Gasteiger partial charge in [-0.3, -0.25) is 4.79 Å². The van der Waals surface area contributed by atoms with Crippen LogP contribution < -0.4 is 14.8 Å². The average molecular weight is 353 g/mol. The van der Waals surface area contributed by atoms with Gasteiger partial charge in [0.2, 0.25) is 0 Å². The Hall–Kier alpha value is -2.49. The molecule has 0 fully saturated rings. The summed E-state index contributed by atoms with van der Waals surface area (Å²) in [6, 6.07) is 11.9. The molecule has 0 radical (unpaired) electrons. The van der Waals surface area contributed by atoms with E-state index in [4.69, 9.17) is 9.47 Å². The van der Waals surface area contributed by atoms with E-state index in [-0.39, 0.29) is 24.2 Å². The quantitative estimate of drug-likeness (QED) is 0.886. The molecule has 2 aromatic carbocycles.